The van der Waals surface area contributed by atoms with Gasteiger partial charge in [-0.3, -0.25) is 9.78 Å². The topological polar surface area (TPSA) is 56.0 Å². The van der Waals surface area contributed by atoms with E-state index in [0.29, 0.717) is 6.29 Å². The lowest BCUT2D eigenvalue weighted by Gasteiger charge is -1.95. The maximum Gasteiger partial charge on any atom is 0.155 e. The maximum absolute atomic E-state index is 12.5. The summed E-state index contributed by atoms with van der Waals surface area (Å²) >= 11 is 0. The number of aromatic nitrogens is 1. The molecule has 0 bridgehead atoms. The van der Waals surface area contributed by atoms with Gasteiger partial charge in [0, 0.05) is 0 Å². The van der Waals surface area contributed by atoms with Crippen molar-refractivity contribution in [1.29, 1.82) is 0 Å². The third-order valence-electron chi connectivity index (χ3n) is 1.09. The third kappa shape index (κ3) is 0.953. The van der Waals surface area contributed by atoms with Crippen molar-refractivity contribution < 1.29 is 9.18 Å². The lowest BCUT2D eigenvalue weighted by Crippen LogP contribution is -1.97. The number of carbonyl (C=O) groups is 1. The molecular weight excluding hydrogens is 135 g/mol. The molecule has 0 aromatic carbocycles. The van der Waals surface area contributed by atoms with Crippen LogP contribution in [0, 0.1) is 5.82 Å². The lowest BCUT2D eigenvalue weighted by molar-refractivity contribution is 0.112. The van der Waals surface area contributed by atoms with Crippen LogP contribution in [0.25, 0.3) is 0 Å². The molecule has 0 aliphatic rings. The van der Waals surface area contributed by atoms with Gasteiger partial charge in [0.05, 0.1) is 23.6 Å². The highest BCUT2D eigenvalue weighted by atomic mass is 19.1. The van der Waals surface area contributed by atoms with Gasteiger partial charge >= 0.3 is 0 Å². The van der Waals surface area contributed by atoms with Crippen LogP contribution in [-0.2, 0) is 0 Å². The van der Waals surface area contributed by atoms with Crippen molar-refractivity contribution in [2.45, 2.75) is 0 Å². The summed E-state index contributed by atoms with van der Waals surface area (Å²) in [5.74, 6) is -0.685. The van der Waals surface area contributed by atoms with Gasteiger partial charge in [-0.25, -0.2) is 4.39 Å². The number of carbonyl (C=O) groups excluding carboxylic acids is 1. The van der Waals surface area contributed by atoms with Crippen molar-refractivity contribution >= 4 is 12.0 Å². The first-order valence-electron chi connectivity index (χ1n) is 2.60. The highest BCUT2D eigenvalue weighted by molar-refractivity contribution is 5.82. The van der Waals surface area contributed by atoms with Crippen LogP contribution in [0.1, 0.15) is 10.4 Å². The Morgan fingerprint density at radius 3 is 2.70 bits per heavy atom. The van der Waals surface area contributed by atoms with Gasteiger partial charge in [0.25, 0.3) is 0 Å². The standard InChI is InChI=1S/C6H5FN2O/c7-5-1-9-2-6(8)4(5)3-10/h1-3H,8H2. The number of rotatable bonds is 1. The molecule has 2 N–H and O–H groups in total. The molecule has 1 heterocycles. The van der Waals surface area contributed by atoms with Gasteiger partial charge in [0.1, 0.15) is 0 Å². The van der Waals surface area contributed by atoms with Crippen LogP contribution in [-0.4, -0.2) is 11.3 Å². The van der Waals surface area contributed by atoms with E-state index in [2.05, 4.69) is 4.98 Å². The zero-order chi connectivity index (χ0) is 7.56. The summed E-state index contributed by atoms with van der Waals surface area (Å²) in [7, 11) is 0. The largest absolute Gasteiger partial charge is 0.397 e. The summed E-state index contributed by atoms with van der Waals surface area (Å²) in [6, 6.07) is 0. The Labute approximate surface area is 56.7 Å². The quantitative estimate of drug-likeness (QED) is 0.581. The van der Waals surface area contributed by atoms with Gasteiger partial charge in [-0.05, 0) is 0 Å². The predicted molar refractivity (Wildman–Crippen MR) is 34.0 cm³/mol. The van der Waals surface area contributed by atoms with Crippen LogP contribution in [0.5, 0.6) is 0 Å². The summed E-state index contributed by atoms with van der Waals surface area (Å²) in [5, 5.41) is 0. The van der Waals surface area contributed by atoms with Crippen molar-refractivity contribution in [2.75, 3.05) is 5.73 Å². The number of nitrogen functional groups attached to an aromatic ring is 1. The van der Waals surface area contributed by atoms with Gasteiger partial charge < -0.3 is 5.73 Å². The highest BCUT2D eigenvalue weighted by Gasteiger charge is 2.03. The summed E-state index contributed by atoms with van der Waals surface area (Å²) < 4.78 is 12.5. The van der Waals surface area contributed by atoms with Crippen LogP contribution in [0.2, 0.25) is 0 Å². The Balaban J connectivity index is 3.30. The number of pyridine rings is 1. The molecule has 0 radical (unpaired) electrons. The van der Waals surface area contributed by atoms with Gasteiger partial charge in [-0.15, -0.1) is 0 Å². The fourth-order valence-corrected chi connectivity index (χ4v) is 0.584. The molecule has 0 fully saturated rings. The maximum atomic E-state index is 12.5. The minimum atomic E-state index is -0.685. The zero-order valence-corrected chi connectivity index (χ0v) is 5.04. The van der Waals surface area contributed by atoms with E-state index >= 15 is 0 Å². The number of anilines is 1. The van der Waals surface area contributed by atoms with Gasteiger partial charge in [0.15, 0.2) is 12.1 Å². The van der Waals surface area contributed by atoms with Gasteiger partial charge in [-0.2, -0.15) is 0 Å². The van der Waals surface area contributed by atoms with E-state index in [1.807, 2.05) is 0 Å². The first-order chi connectivity index (χ1) is 4.75. The molecule has 4 heteroatoms. The number of hydrogen-bond acceptors (Lipinski definition) is 3. The molecule has 1 aromatic rings. The Morgan fingerprint density at radius 2 is 2.30 bits per heavy atom. The molecule has 1 rings (SSSR count). The fourth-order valence-electron chi connectivity index (χ4n) is 0.584. The van der Waals surface area contributed by atoms with E-state index < -0.39 is 5.82 Å². The number of hydrogen-bond donors (Lipinski definition) is 1. The normalized spacial score (nSPS) is 9.30. The Hall–Kier alpha value is -1.45. The summed E-state index contributed by atoms with van der Waals surface area (Å²) in [5.41, 5.74) is 5.13. The van der Waals surface area contributed by atoms with Crippen molar-refractivity contribution in [3.63, 3.8) is 0 Å². The number of halogens is 1. The lowest BCUT2D eigenvalue weighted by atomic mass is 10.2. The number of nitrogens with zero attached hydrogens (tertiary/aromatic N) is 1. The van der Waals surface area contributed by atoms with Crippen LogP contribution >= 0.6 is 0 Å². The molecule has 3 nitrogen and oxygen atoms in total. The van der Waals surface area contributed by atoms with Crippen molar-refractivity contribution in [1.82, 2.24) is 4.98 Å². The molecule has 0 aliphatic carbocycles. The number of nitrogens with two attached hydrogens (primary N) is 1. The molecule has 0 spiro atoms. The number of aldehydes is 1. The van der Waals surface area contributed by atoms with E-state index in [-0.39, 0.29) is 11.3 Å². The Morgan fingerprint density at radius 1 is 1.60 bits per heavy atom. The molecule has 0 saturated heterocycles. The molecule has 10 heavy (non-hydrogen) atoms. The van der Waals surface area contributed by atoms with Gasteiger partial charge in [-0.1, -0.05) is 0 Å². The molecule has 0 atom stereocenters. The van der Waals surface area contributed by atoms with Crippen LogP contribution in [0.3, 0.4) is 0 Å². The highest BCUT2D eigenvalue weighted by Crippen LogP contribution is 2.09. The second kappa shape index (κ2) is 2.43. The average molecular weight is 140 g/mol. The van der Waals surface area contributed by atoms with E-state index in [0.717, 1.165) is 6.20 Å². The Bertz CT molecular complexity index is 242. The minimum absolute atomic E-state index is 0.0648. The van der Waals surface area contributed by atoms with Crippen molar-refractivity contribution in [3.8, 4) is 0 Å². The average Bonchev–Trinajstić information content (AvgIpc) is 1.88. The van der Waals surface area contributed by atoms with Gasteiger partial charge in [0.2, 0.25) is 0 Å². The molecule has 0 saturated carbocycles. The first kappa shape index (κ1) is 6.67. The summed E-state index contributed by atoms with van der Waals surface area (Å²) in [6.45, 7) is 0. The summed E-state index contributed by atoms with van der Waals surface area (Å²) in [4.78, 5) is 13.5. The monoisotopic (exact) mass is 140 g/mol. The molecule has 0 amide bonds. The molecule has 0 aliphatic heterocycles. The molecular formula is C6H5FN2O. The summed E-state index contributed by atoms with van der Waals surface area (Å²) in [6.07, 6.45) is 2.54. The third-order valence-corrected chi connectivity index (χ3v) is 1.09. The van der Waals surface area contributed by atoms with E-state index in [1.165, 1.54) is 6.20 Å². The fraction of sp³-hybridized carbons (Fsp3) is 0. The Kier molecular flexibility index (Phi) is 1.62. The zero-order valence-electron chi connectivity index (χ0n) is 5.04. The molecule has 52 valence electrons. The van der Waals surface area contributed by atoms with Crippen LogP contribution in [0.15, 0.2) is 12.4 Å². The smallest absolute Gasteiger partial charge is 0.155 e. The van der Waals surface area contributed by atoms with Crippen molar-refractivity contribution in [3.05, 3.63) is 23.8 Å². The first-order valence-corrected chi connectivity index (χ1v) is 2.60. The second-order valence-corrected chi connectivity index (χ2v) is 1.74. The van der Waals surface area contributed by atoms with E-state index in [9.17, 15) is 9.18 Å². The van der Waals surface area contributed by atoms with E-state index in [1.54, 1.807) is 0 Å². The van der Waals surface area contributed by atoms with Crippen molar-refractivity contribution in [2.24, 2.45) is 0 Å². The van der Waals surface area contributed by atoms with E-state index in [4.69, 9.17) is 5.73 Å². The SMILES string of the molecule is Nc1cncc(F)c1C=O. The molecule has 0 unspecified atom stereocenters. The van der Waals surface area contributed by atoms with Crippen LogP contribution < -0.4 is 5.73 Å². The predicted octanol–water partition coefficient (Wildman–Crippen LogP) is 0.615. The second-order valence-electron chi connectivity index (χ2n) is 1.74. The van der Waals surface area contributed by atoms with Crippen LogP contribution in [0.4, 0.5) is 10.1 Å². The minimum Gasteiger partial charge on any atom is -0.397 e. The molecule has 1 aromatic heterocycles.